The van der Waals surface area contributed by atoms with Gasteiger partial charge in [-0.15, -0.1) is 0 Å². The topological polar surface area (TPSA) is 84.5 Å². The van der Waals surface area contributed by atoms with E-state index in [1.165, 1.54) is 12.1 Å². The molecule has 33 heavy (non-hydrogen) atoms. The molecule has 0 bridgehead atoms. The van der Waals surface area contributed by atoms with E-state index in [2.05, 4.69) is 0 Å². The summed E-state index contributed by atoms with van der Waals surface area (Å²) >= 11 is 0. The molecule has 0 spiro atoms. The number of nitro benzene ring substituents is 1. The van der Waals surface area contributed by atoms with Crippen molar-refractivity contribution >= 4 is 17.1 Å². The van der Waals surface area contributed by atoms with E-state index in [-0.39, 0.29) is 5.69 Å². The van der Waals surface area contributed by atoms with Crippen molar-refractivity contribution in [1.82, 2.24) is 4.57 Å². The van der Waals surface area contributed by atoms with E-state index in [4.69, 9.17) is 4.99 Å². The lowest BCUT2D eigenvalue weighted by atomic mass is 9.81. The zero-order valence-electron chi connectivity index (χ0n) is 18.7. The van der Waals surface area contributed by atoms with Gasteiger partial charge in [0.25, 0.3) is 11.5 Å². The van der Waals surface area contributed by atoms with Crippen molar-refractivity contribution in [2.45, 2.75) is 12.5 Å². The van der Waals surface area contributed by atoms with Gasteiger partial charge >= 0.3 is 0 Å². The Morgan fingerprint density at radius 3 is 2.24 bits per heavy atom. The Bertz CT molecular complexity index is 1310. The first-order valence-corrected chi connectivity index (χ1v) is 10.5. The monoisotopic (exact) mass is 441 g/mol. The lowest BCUT2D eigenvalue weighted by Gasteiger charge is -2.29. The molecule has 3 aromatic carbocycles. The Hall–Kier alpha value is -4.10. The van der Waals surface area contributed by atoms with Crippen molar-refractivity contribution < 1.29 is 14.6 Å². The van der Waals surface area contributed by atoms with Crippen LogP contribution in [0.5, 0.6) is 0 Å². The molecule has 4 rings (SSSR count). The largest absolute Gasteiger partial charge is 0.369 e. The van der Waals surface area contributed by atoms with Crippen LogP contribution in [-0.4, -0.2) is 20.3 Å². The maximum Gasteiger partial charge on any atom is 0.299 e. The van der Waals surface area contributed by atoms with E-state index in [1.807, 2.05) is 97.1 Å². The smallest absolute Gasteiger partial charge is 0.299 e. The lowest BCUT2D eigenvalue weighted by Crippen LogP contribution is -2.49. The van der Waals surface area contributed by atoms with E-state index >= 15 is 0 Å². The summed E-state index contributed by atoms with van der Waals surface area (Å²) in [6.07, 6.45) is 3.74. The molecule has 0 saturated carbocycles. The normalized spacial score (nSPS) is 13.5. The number of aromatic nitrogens is 2. The molecule has 166 valence electrons. The van der Waals surface area contributed by atoms with Gasteiger partial charge in [-0.25, -0.2) is 14.1 Å². The number of nitrogens with zero attached hydrogens (tertiary/aromatic N) is 4. The van der Waals surface area contributed by atoms with Crippen molar-refractivity contribution in [3.8, 4) is 0 Å². The third kappa shape index (κ3) is 4.06. The van der Waals surface area contributed by atoms with E-state index in [0.29, 0.717) is 28.4 Å². The fourth-order valence-corrected chi connectivity index (χ4v) is 4.16. The average Bonchev–Trinajstić information content (AvgIpc) is 3.16. The molecule has 0 saturated heterocycles. The van der Waals surface area contributed by atoms with Gasteiger partial charge in [0.15, 0.2) is 0 Å². The molecule has 0 aliphatic rings. The fraction of sp³-hybridized carbons (Fsp3) is 0.154. The van der Waals surface area contributed by atoms with Crippen LogP contribution in [0.25, 0.3) is 0 Å². The molecular formula is C26H25N4O3+. The highest BCUT2D eigenvalue weighted by molar-refractivity contribution is 6.10. The van der Waals surface area contributed by atoms with Crippen LogP contribution in [0.3, 0.4) is 0 Å². The molecule has 0 aliphatic heterocycles. The number of hydrogen-bond donors (Lipinski definition) is 1. The van der Waals surface area contributed by atoms with Gasteiger partial charge < -0.3 is 5.11 Å². The number of imidazole rings is 1. The van der Waals surface area contributed by atoms with E-state index < -0.39 is 10.5 Å². The molecule has 7 heteroatoms. The minimum absolute atomic E-state index is 0.0262. The SMILES string of the molecule is Cc1ccccc1C(O)(C(=Nc1ccccc1)c1ccc([N+](=O)[O-])cc1)c1n(C)cc[n+]1C. The van der Waals surface area contributed by atoms with Crippen LogP contribution in [0.1, 0.15) is 22.5 Å². The van der Waals surface area contributed by atoms with E-state index in [0.717, 1.165) is 5.56 Å². The third-order valence-electron chi connectivity index (χ3n) is 5.73. The first kappa shape index (κ1) is 22.1. The average molecular weight is 442 g/mol. The maximum absolute atomic E-state index is 12.6. The number of para-hydroxylation sites is 1. The molecule has 1 atom stereocenters. The molecule has 1 unspecified atom stereocenters. The van der Waals surface area contributed by atoms with E-state index in [9.17, 15) is 15.2 Å². The molecule has 0 aliphatic carbocycles. The zero-order valence-corrected chi connectivity index (χ0v) is 18.7. The molecule has 1 aromatic heterocycles. The van der Waals surface area contributed by atoms with Crippen LogP contribution in [0.2, 0.25) is 0 Å². The first-order chi connectivity index (χ1) is 15.8. The van der Waals surface area contributed by atoms with Crippen LogP contribution in [0.15, 0.2) is 96.2 Å². The van der Waals surface area contributed by atoms with Crippen LogP contribution in [0.4, 0.5) is 11.4 Å². The van der Waals surface area contributed by atoms with Gasteiger partial charge in [-0.2, -0.15) is 0 Å². The number of aryl methyl sites for hydroxylation is 3. The maximum atomic E-state index is 12.6. The van der Waals surface area contributed by atoms with Crippen LogP contribution in [0, 0.1) is 17.0 Å². The van der Waals surface area contributed by atoms with Crippen molar-refractivity contribution in [1.29, 1.82) is 0 Å². The Morgan fingerprint density at radius 2 is 1.67 bits per heavy atom. The molecule has 0 fully saturated rings. The van der Waals surface area contributed by atoms with Crippen LogP contribution < -0.4 is 4.57 Å². The number of rotatable bonds is 6. The fourth-order valence-electron chi connectivity index (χ4n) is 4.16. The summed E-state index contributed by atoms with van der Waals surface area (Å²) in [5, 5.41) is 23.9. The molecule has 1 heterocycles. The van der Waals surface area contributed by atoms with Gasteiger partial charge in [-0.3, -0.25) is 10.1 Å². The van der Waals surface area contributed by atoms with Gasteiger partial charge in [0, 0.05) is 23.3 Å². The summed E-state index contributed by atoms with van der Waals surface area (Å²) in [5.41, 5.74) is 1.51. The molecule has 7 nitrogen and oxygen atoms in total. The lowest BCUT2D eigenvalue weighted by molar-refractivity contribution is -0.683. The predicted octanol–water partition coefficient (Wildman–Crippen LogP) is 4.12. The second kappa shape index (κ2) is 8.80. The Balaban J connectivity index is 2.07. The highest BCUT2D eigenvalue weighted by atomic mass is 16.6. The minimum Gasteiger partial charge on any atom is -0.369 e. The van der Waals surface area contributed by atoms with Crippen molar-refractivity contribution in [2.75, 3.05) is 0 Å². The Morgan fingerprint density at radius 1 is 1.03 bits per heavy atom. The Kier molecular flexibility index (Phi) is 5.89. The third-order valence-corrected chi connectivity index (χ3v) is 5.73. The van der Waals surface area contributed by atoms with Crippen molar-refractivity contribution in [3.05, 3.63) is 124 Å². The van der Waals surface area contributed by atoms with Crippen molar-refractivity contribution in [2.24, 2.45) is 19.1 Å². The van der Waals surface area contributed by atoms with Crippen LogP contribution >= 0.6 is 0 Å². The molecule has 4 aromatic rings. The summed E-state index contributed by atoms with van der Waals surface area (Å²) in [6, 6.07) is 23.1. The quantitative estimate of drug-likeness (QED) is 0.211. The number of aliphatic hydroxyl groups is 1. The van der Waals surface area contributed by atoms with E-state index in [1.54, 1.807) is 12.1 Å². The summed E-state index contributed by atoms with van der Waals surface area (Å²) in [4.78, 5) is 15.7. The highest BCUT2D eigenvalue weighted by Gasteiger charge is 2.48. The van der Waals surface area contributed by atoms with Crippen molar-refractivity contribution in [3.63, 3.8) is 0 Å². The number of non-ortho nitro benzene ring substituents is 1. The van der Waals surface area contributed by atoms with Gasteiger partial charge in [-0.05, 0) is 36.8 Å². The zero-order chi connectivity index (χ0) is 23.6. The number of aliphatic imine (C=N–C) groups is 1. The second-order valence-corrected chi connectivity index (χ2v) is 7.97. The summed E-state index contributed by atoms with van der Waals surface area (Å²) in [7, 11) is 3.74. The summed E-state index contributed by atoms with van der Waals surface area (Å²) < 4.78 is 3.72. The minimum atomic E-state index is -1.65. The molecule has 0 amide bonds. The summed E-state index contributed by atoms with van der Waals surface area (Å²) in [5.74, 6) is 0.602. The highest BCUT2D eigenvalue weighted by Crippen LogP contribution is 2.36. The number of benzene rings is 3. The Labute approximate surface area is 192 Å². The molecule has 0 radical (unpaired) electrons. The number of nitro groups is 1. The van der Waals surface area contributed by atoms with Gasteiger partial charge in [0.1, 0.15) is 12.4 Å². The van der Waals surface area contributed by atoms with Gasteiger partial charge in [0.05, 0.1) is 30.4 Å². The predicted molar refractivity (Wildman–Crippen MR) is 127 cm³/mol. The molecular weight excluding hydrogens is 416 g/mol. The standard InChI is InChI=1S/C26H25N4O3/c1-19-9-7-8-12-23(19)26(31,25-28(2)17-18-29(25)3)24(27-21-10-5-4-6-11-21)20-13-15-22(16-14-20)30(32)33/h4-18,31H,1-3H3/q+1. The van der Waals surface area contributed by atoms with Gasteiger partial charge in [0.2, 0.25) is 5.60 Å². The summed E-state index contributed by atoms with van der Waals surface area (Å²) in [6.45, 7) is 1.94. The van der Waals surface area contributed by atoms with Crippen LogP contribution in [-0.2, 0) is 19.7 Å². The van der Waals surface area contributed by atoms with Gasteiger partial charge in [-0.1, -0.05) is 42.5 Å². The second-order valence-electron chi connectivity index (χ2n) is 7.97. The molecule has 1 N–H and O–H groups in total. The number of hydrogen-bond acceptors (Lipinski definition) is 4. The first-order valence-electron chi connectivity index (χ1n) is 10.5.